The molecule has 0 radical (unpaired) electrons. The van der Waals surface area contributed by atoms with E-state index >= 15 is 0 Å². The van der Waals surface area contributed by atoms with Crippen molar-refractivity contribution in [3.63, 3.8) is 0 Å². The van der Waals surface area contributed by atoms with Crippen molar-refractivity contribution in [3.8, 4) is 11.5 Å². The van der Waals surface area contributed by atoms with Crippen LogP contribution in [0.2, 0.25) is 0 Å². The van der Waals surface area contributed by atoms with E-state index < -0.39 is 0 Å². The molecule has 3 aromatic carbocycles. The third-order valence-corrected chi connectivity index (χ3v) is 4.27. The van der Waals surface area contributed by atoms with E-state index in [9.17, 15) is 0 Å². The number of rotatable bonds is 0. The monoisotopic (exact) mass is 287 g/mol. The van der Waals surface area contributed by atoms with E-state index in [-0.39, 0.29) is 0 Å². The van der Waals surface area contributed by atoms with Gasteiger partial charge in [-0.15, -0.1) is 0 Å². The molecule has 4 aromatic rings. The second-order valence-electron chi connectivity index (χ2n) is 5.51. The van der Waals surface area contributed by atoms with E-state index in [1.165, 1.54) is 0 Å². The molecule has 0 unspecified atom stereocenters. The summed E-state index contributed by atoms with van der Waals surface area (Å²) < 4.78 is 12.2. The van der Waals surface area contributed by atoms with Crippen LogP contribution in [0.5, 0.6) is 11.5 Å². The van der Waals surface area contributed by atoms with Crippen molar-refractivity contribution in [3.05, 3.63) is 60.7 Å². The molecule has 0 spiro atoms. The first kappa shape index (κ1) is 11.7. The smallest absolute Gasteiger partial charge is 0.162 e. The maximum atomic E-state index is 6.23. The van der Waals surface area contributed by atoms with Crippen molar-refractivity contribution < 1.29 is 9.15 Å². The number of ether oxygens (including phenoxy) is 1. The zero-order valence-corrected chi connectivity index (χ0v) is 12.0. The number of anilines is 2. The van der Waals surface area contributed by atoms with Crippen molar-refractivity contribution in [2.45, 2.75) is 0 Å². The highest BCUT2D eigenvalue weighted by atomic mass is 16.5. The number of furan rings is 1. The van der Waals surface area contributed by atoms with Crippen LogP contribution in [0.3, 0.4) is 0 Å². The molecule has 0 saturated heterocycles. The number of hydrogen-bond donors (Lipinski definition) is 0. The van der Waals surface area contributed by atoms with Gasteiger partial charge in [0.05, 0.1) is 16.8 Å². The molecule has 0 bridgehead atoms. The maximum Gasteiger partial charge on any atom is 0.162 e. The van der Waals surface area contributed by atoms with Gasteiger partial charge in [0.2, 0.25) is 0 Å². The molecule has 3 nitrogen and oxygen atoms in total. The lowest BCUT2D eigenvalue weighted by molar-refractivity contribution is 0.481. The van der Waals surface area contributed by atoms with Gasteiger partial charge in [-0.2, -0.15) is 0 Å². The quantitative estimate of drug-likeness (QED) is 0.429. The van der Waals surface area contributed by atoms with Crippen LogP contribution in [0, 0.1) is 0 Å². The molecule has 1 aromatic heterocycles. The zero-order chi connectivity index (χ0) is 14.7. The Morgan fingerprint density at radius 2 is 1.59 bits per heavy atom. The highest BCUT2D eigenvalue weighted by Crippen LogP contribution is 2.50. The van der Waals surface area contributed by atoms with E-state index in [0.29, 0.717) is 0 Å². The molecule has 0 saturated carbocycles. The first-order valence-electron chi connectivity index (χ1n) is 7.28. The Kier molecular flexibility index (Phi) is 2.15. The number of fused-ring (bicyclic) bond motifs is 6. The van der Waals surface area contributed by atoms with Crippen molar-refractivity contribution in [2.75, 3.05) is 11.9 Å². The fraction of sp³-hybridized carbons (Fsp3) is 0.0526. The van der Waals surface area contributed by atoms with Gasteiger partial charge < -0.3 is 14.1 Å². The van der Waals surface area contributed by atoms with Gasteiger partial charge in [0, 0.05) is 12.4 Å². The van der Waals surface area contributed by atoms with Crippen LogP contribution in [0.15, 0.2) is 65.1 Å². The van der Waals surface area contributed by atoms with Gasteiger partial charge in [-0.1, -0.05) is 30.3 Å². The SMILES string of the molecule is CN1c2ccccc2Oc2c1ccc1oc3ccccc3c21. The number of nitrogens with zero attached hydrogens (tertiary/aromatic N) is 1. The number of hydrogen-bond acceptors (Lipinski definition) is 3. The largest absolute Gasteiger partial charge is 0.456 e. The molecule has 1 aliphatic rings. The summed E-state index contributed by atoms with van der Waals surface area (Å²) >= 11 is 0. The van der Waals surface area contributed by atoms with Crippen LogP contribution < -0.4 is 9.64 Å². The first-order chi connectivity index (χ1) is 10.8. The lowest BCUT2D eigenvalue weighted by Crippen LogP contribution is -2.15. The molecular formula is C19H13NO2. The lowest BCUT2D eigenvalue weighted by atomic mass is 10.1. The third-order valence-electron chi connectivity index (χ3n) is 4.27. The lowest BCUT2D eigenvalue weighted by Gasteiger charge is -2.29. The van der Waals surface area contributed by atoms with Crippen LogP contribution in [-0.4, -0.2) is 7.05 Å². The van der Waals surface area contributed by atoms with Crippen LogP contribution in [-0.2, 0) is 0 Å². The van der Waals surface area contributed by atoms with Gasteiger partial charge in [0.25, 0.3) is 0 Å². The molecule has 0 fully saturated rings. The highest BCUT2D eigenvalue weighted by molar-refractivity contribution is 6.11. The Morgan fingerprint density at radius 3 is 2.55 bits per heavy atom. The third kappa shape index (κ3) is 1.40. The Morgan fingerprint density at radius 1 is 0.773 bits per heavy atom. The summed E-state index contributed by atoms with van der Waals surface area (Å²) in [5, 5.41) is 2.12. The fourth-order valence-electron chi connectivity index (χ4n) is 3.20. The Hall–Kier alpha value is -2.94. The van der Waals surface area contributed by atoms with Gasteiger partial charge >= 0.3 is 0 Å². The average Bonchev–Trinajstić information content (AvgIpc) is 2.94. The van der Waals surface area contributed by atoms with Gasteiger partial charge in [0.15, 0.2) is 11.5 Å². The summed E-state index contributed by atoms with van der Waals surface area (Å²) in [5.41, 5.74) is 3.86. The average molecular weight is 287 g/mol. The second-order valence-corrected chi connectivity index (χ2v) is 5.51. The minimum atomic E-state index is 0.854. The topological polar surface area (TPSA) is 25.6 Å². The van der Waals surface area contributed by atoms with E-state index in [0.717, 1.165) is 44.8 Å². The standard InChI is InChI=1S/C19H13NO2/c1-20-13-7-3-5-9-16(13)22-19-14(20)10-11-17-18(19)12-6-2-4-8-15(12)21-17/h2-11H,1H3. The molecule has 0 N–H and O–H groups in total. The van der Waals surface area contributed by atoms with Gasteiger partial charge in [-0.25, -0.2) is 0 Å². The maximum absolute atomic E-state index is 6.23. The minimum Gasteiger partial charge on any atom is -0.456 e. The Labute approximate surface area is 127 Å². The predicted molar refractivity (Wildman–Crippen MR) is 88.3 cm³/mol. The molecular weight excluding hydrogens is 274 g/mol. The summed E-state index contributed by atoms with van der Waals surface area (Å²) in [6.45, 7) is 0. The summed E-state index contributed by atoms with van der Waals surface area (Å²) in [4.78, 5) is 2.16. The fourth-order valence-corrected chi connectivity index (χ4v) is 3.20. The van der Waals surface area contributed by atoms with Crippen molar-refractivity contribution in [2.24, 2.45) is 0 Å². The van der Waals surface area contributed by atoms with E-state index in [4.69, 9.17) is 9.15 Å². The highest BCUT2D eigenvalue weighted by Gasteiger charge is 2.25. The molecule has 3 heteroatoms. The van der Waals surface area contributed by atoms with Crippen LogP contribution in [0.4, 0.5) is 11.4 Å². The van der Waals surface area contributed by atoms with Gasteiger partial charge in [-0.05, 0) is 30.3 Å². The van der Waals surface area contributed by atoms with Crippen LogP contribution >= 0.6 is 0 Å². The van der Waals surface area contributed by atoms with Gasteiger partial charge in [0.1, 0.15) is 11.2 Å². The summed E-state index contributed by atoms with van der Waals surface area (Å²) in [5.74, 6) is 1.74. The van der Waals surface area contributed by atoms with Crippen LogP contribution in [0.1, 0.15) is 0 Å². The molecule has 1 aliphatic heterocycles. The molecule has 22 heavy (non-hydrogen) atoms. The number of benzene rings is 3. The van der Waals surface area contributed by atoms with Crippen LogP contribution in [0.25, 0.3) is 21.9 Å². The minimum absolute atomic E-state index is 0.854. The van der Waals surface area contributed by atoms with Crippen molar-refractivity contribution >= 4 is 33.3 Å². The van der Waals surface area contributed by atoms with Crippen molar-refractivity contribution in [1.82, 2.24) is 0 Å². The Bertz CT molecular complexity index is 1030. The second kappa shape index (κ2) is 4.04. The molecule has 0 atom stereocenters. The molecule has 0 aliphatic carbocycles. The van der Waals surface area contributed by atoms with E-state index in [1.807, 2.05) is 42.5 Å². The number of para-hydroxylation sites is 3. The van der Waals surface area contributed by atoms with E-state index in [2.05, 4.69) is 30.1 Å². The van der Waals surface area contributed by atoms with Crippen molar-refractivity contribution in [1.29, 1.82) is 0 Å². The normalized spacial score (nSPS) is 13.0. The first-order valence-corrected chi connectivity index (χ1v) is 7.28. The molecule has 106 valence electrons. The molecule has 5 rings (SSSR count). The molecule has 2 heterocycles. The Balaban J connectivity index is 1.89. The summed E-state index contributed by atoms with van der Waals surface area (Å²) in [7, 11) is 2.06. The molecule has 0 amide bonds. The van der Waals surface area contributed by atoms with Gasteiger partial charge in [-0.3, -0.25) is 0 Å². The van der Waals surface area contributed by atoms with E-state index in [1.54, 1.807) is 0 Å². The predicted octanol–water partition coefficient (Wildman–Crippen LogP) is 5.46. The summed E-state index contributed by atoms with van der Waals surface area (Å²) in [6, 6.07) is 20.2. The zero-order valence-electron chi connectivity index (χ0n) is 12.0. The summed E-state index contributed by atoms with van der Waals surface area (Å²) in [6.07, 6.45) is 0.